The van der Waals surface area contributed by atoms with Gasteiger partial charge in [-0.2, -0.15) is 5.10 Å². The number of aliphatic imine (C=N–C) groups is 1. The van der Waals surface area contributed by atoms with Crippen molar-refractivity contribution < 1.29 is 9.59 Å². The summed E-state index contributed by atoms with van der Waals surface area (Å²) in [6, 6.07) is 12.8. The van der Waals surface area contributed by atoms with Crippen molar-refractivity contribution in [1.29, 1.82) is 0 Å². The predicted octanol–water partition coefficient (Wildman–Crippen LogP) is 4.57. The standard InChI is InChI=1S/C26H32N6O2/c1-6-11-32-16-22(19(4)31-32)15-27-26(29-24-13-17(2)12-18(3)14-24)30-25(34)21-7-9-23(10-8-21)28-20(5)33/h7-10,12-14,16H,6,11,15H2,1-5H3,(H,28,33)(H2,27,29,30,34). The molecule has 0 atom stereocenters. The number of amides is 2. The molecular formula is C26H32N6O2. The lowest BCUT2D eigenvalue weighted by molar-refractivity contribution is -0.114. The van der Waals surface area contributed by atoms with Crippen molar-refractivity contribution in [3.63, 3.8) is 0 Å². The minimum atomic E-state index is -0.302. The molecule has 0 unspecified atom stereocenters. The maximum atomic E-state index is 12.9. The highest BCUT2D eigenvalue weighted by molar-refractivity contribution is 6.10. The molecule has 8 heteroatoms. The van der Waals surface area contributed by atoms with Crippen molar-refractivity contribution in [2.75, 3.05) is 10.6 Å². The molecule has 0 radical (unpaired) electrons. The van der Waals surface area contributed by atoms with Crippen LogP contribution < -0.4 is 16.0 Å². The van der Waals surface area contributed by atoms with Gasteiger partial charge < -0.3 is 10.6 Å². The number of nitrogens with one attached hydrogen (secondary N) is 3. The second-order valence-electron chi connectivity index (χ2n) is 8.38. The normalized spacial score (nSPS) is 11.3. The molecule has 2 aromatic carbocycles. The summed E-state index contributed by atoms with van der Waals surface area (Å²) in [4.78, 5) is 28.8. The second-order valence-corrected chi connectivity index (χ2v) is 8.38. The molecule has 0 spiro atoms. The van der Waals surface area contributed by atoms with Crippen molar-refractivity contribution in [1.82, 2.24) is 15.1 Å². The molecule has 8 nitrogen and oxygen atoms in total. The number of carbonyl (C=O) groups excluding carboxylic acids is 2. The van der Waals surface area contributed by atoms with Gasteiger partial charge in [-0.1, -0.05) is 13.0 Å². The van der Waals surface area contributed by atoms with Gasteiger partial charge in [0.25, 0.3) is 5.91 Å². The highest BCUT2D eigenvalue weighted by Gasteiger charge is 2.12. The van der Waals surface area contributed by atoms with Crippen molar-refractivity contribution in [2.45, 2.75) is 54.1 Å². The summed E-state index contributed by atoms with van der Waals surface area (Å²) in [5, 5.41) is 13.4. The fourth-order valence-corrected chi connectivity index (χ4v) is 3.60. The summed E-state index contributed by atoms with van der Waals surface area (Å²) in [5.74, 6) is -0.117. The van der Waals surface area contributed by atoms with Crippen LogP contribution in [0.4, 0.5) is 11.4 Å². The Morgan fingerprint density at radius 1 is 0.971 bits per heavy atom. The van der Waals surface area contributed by atoms with Crippen molar-refractivity contribution in [3.05, 3.63) is 76.6 Å². The second kappa shape index (κ2) is 11.3. The van der Waals surface area contributed by atoms with E-state index in [1.807, 2.05) is 43.8 Å². The minimum absolute atomic E-state index is 0.165. The van der Waals surface area contributed by atoms with Crippen molar-refractivity contribution in [3.8, 4) is 0 Å². The van der Waals surface area contributed by atoms with E-state index in [1.165, 1.54) is 6.92 Å². The van der Waals surface area contributed by atoms with Crippen LogP contribution in [0.25, 0.3) is 0 Å². The number of nitrogens with zero attached hydrogens (tertiary/aromatic N) is 3. The maximum Gasteiger partial charge on any atom is 0.257 e. The zero-order valence-corrected chi connectivity index (χ0v) is 20.4. The van der Waals surface area contributed by atoms with Crippen LogP contribution in [-0.4, -0.2) is 27.6 Å². The van der Waals surface area contributed by atoms with Crippen LogP contribution in [0.15, 0.2) is 53.7 Å². The van der Waals surface area contributed by atoms with E-state index in [0.29, 0.717) is 23.8 Å². The first-order valence-corrected chi connectivity index (χ1v) is 11.3. The van der Waals surface area contributed by atoms with Crippen LogP contribution in [0.3, 0.4) is 0 Å². The van der Waals surface area contributed by atoms with Gasteiger partial charge in [0.15, 0.2) is 0 Å². The van der Waals surface area contributed by atoms with E-state index < -0.39 is 0 Å². The summed E-state index contributed by atoms with van der Waals surface area (Å²) < 4.78 is 1.92. The number of carbonyl (C=O) groups is 2. The number of hydrogen-bond acceptors (Lipinski definition) is 4. The van der Waals surface area contributed by atoms with Gasteiger partial charge in [-0.25, -0.2) is 4.99 Å². The number of rotatable bonds is 7. The average molecular weight is 461 g/mol. The maximum absolute atomic E-state index is 12.9. The fourth-order valence-electron chi connectivity index (χ4n) is 3.60. The molecule has 0 saturated carbocycles. The van der Waals surface area contributed by atoms with Gasteiger partial charge in [0, 0.05) is 42.2 Å². The van der Waals surface area contributed by atoms with E-state index in [2.05, 4.69) is 39.0 Å². The Balaban J connectivity index is 1.82. The van der Waals surface area contributed by atoms with Crippen LogP contribution in [0, 0.1) is 20.8 Å². The first-order chi connectivity index (χ1) is 16.2. The summed E-state index contributed by atoms with van der Waals surface area (Å²) in [7, 11) is 0. The van der Waals surface area contributed by atoms with Gasteiger partial charge in [0.1, 0.15) is 0 Å². The van der Waals surface area contributed by atoms with Gasteiger partial charge in [-0.3, -0.25) is 19.6 Å². The predicted molar refractivity (Wildman–Crippen MR) is 136 cm³/mol. The van der Waals surface area contributed by atoms with Crippen molar-refractivity contribution in [2.24, 2.45) is 4.99 Å². The van der Waals surface area contributed by atoms with E-state index in [1.54, 1.807) is 24.3 Å². The highest BCUT2D eigenvalue weighted by atomic mass is 16.2. The molecule has 3 N–H and O–H groups in total. The van der Waals surface area contributed by atoms with Crippen LogP contribution in [0.5, 0.6) is 0 Å². The Hall–Kier alpha value is -3.94. The minimum Gasteiger partial charge on any atom is -0.326 e. The van der Waals surface area contributed by atoms with Gasteiger partial charge in [-0.05, 0) is 74.7 Å². The molecule has 0 fully saturated rings. The van der Waals surface area contributed by atoms with Crippen LogP contribution in [-0.2, 0) is 17.9 Å². The molecule has 34 heavy (non-hydrogen) atoms. The number of hydrogen-bond donors (Lipinski definition) is 3. The molecule has 3 aromatic rings. The Kier molecular flexibility index (Phi) is 8.19. The number of aryl methyl sites for hydroxylation is 4. The largest absolute Gasteiger partial charge is 0.326 e. The molecule has 0 bridgehead atoms. The van der Waals surface area contributed by atoms with E-state index in [0.717, 1.165) is 41.0 Å². The Morgan fingerprint density at radius 2 is 1.65 bits per heavy atom. The molecule has 1 heterocycles. The molecule has 0 saturated heterocycles. The van der Waals surface area contributed by atoms with Crippen LogP contribution >= 0.6 is 0 Å². The van der Waals surface area contributed by atoms with E-state index in [-0.39, 0.29) is 11.8 Å². The summed E-state index contributed by atoms with van der Waals surface area (Å²) >= 11 is 0. The van der Waals surface area contributed by atoms with E-state index >= 15 is 0 Å². The zero-order chi connectivity index (χ0) is 24.7. The zero-order valence-electron chi connectivity index (χ0n) is 20.4. The smallest absolute Gasteiger partial charge is 0.257 e. The molecule has 0 aliphatic rings. The van der Waals surface area contributed by atoms with Gasteiger partial charge in [0.05, 0.1) is 12.2 Å². The Labute approximate surface area is 200 Å². The SMILES string of the molecule is CCCn1cc(CN=C(NC(=O)c2ccc(NC(C)=O)cc2)Nc2cc(C)cc(C)c2)c(C)n1. The third-order valence-electron chi connectivity index (χ3n) is 5.09. The lowest BCUT2D eigenvalue weighted by Crippen LogP contribution is -2.36. The highest BCUT2D eigenvalue weighted by Crippen LogP contribution is 2.15. The fraction of sp³-hybridized carbons (Fsp3) is 0.308. The van der Waals surface area contributed by atoms with Gasteiger partial charge in [0.2, 0.25) is 11.9 Å². The van der Waals surface area contributed by atoms with Crippen molar-refractivity contribution >= 4 is 29.1 Å². The Bertz CT molecular complexity index is 1170. The summed E-state index contributed by atoms with van der Waals surface area (Å²) in [5.41, 5.74) is 6.07. The van der Waals surface area contributed by atoms with Gasteiger partial charge in [-0.15, -0.1) is 0 Å². The summed E-state index contributed by atoms with van der Waals surface area (Å²) in [6.07, 6.45) is 3.00. The molecule has 3 rings (SSSR count). The molecule has 0 aliphatic heterocycles. The first-order valence-electron chi connectivity index (χ1n) is 11.3. The average Bonchev–Trinajstić information content (AvgIpc) is 3.10. The van der Waals surface area contributed by atoms with Gasteiger partial charge >= 0.3 is 0 Å². The lowest BCUT2D eigenvalue weighted by atomic mass is 10.1. The molecule has 2 amide bonds. The molecule has 1 aromatic heterocycles. The molecule has 0 aliphatic carbocycles. The lowest BCUT2D eigenvalue weighted by Gasteiger charge is -2.13. The third-order valence-corrected chi connectivity index (χ3v) is 5.09. The molecular weight excluding hydrogens is 428 g/mol. The number of aromatic nitrogens is 2. The number of anilines is 2. The Morgan fingerprint density at radius 3 is 2.26 bits per heavy atom. The van der Waals surface area contributed by atoms with E-state index in [4.69, 9.17) is 0 Å². The third kappa shape index (κ3) is 7.03. The number of guanidine groups is 1. The number of benzene rings is 2. The van der Waals surface area contributed by atoms with E-state index in [9.17, 15) is 9.59 Å². The molecule has 178 valence electrons. The topological polar surface area (TPSA) is 100 Å². The van der Waals surface area contributed by atoms with Crippen LogP contribution in [0.2, 0.25) is 0 Å². The quantitative estimate of drug-likeness (QED) is 0.355. The monoisotopic (exact) mass is 460 g/mol. The first kappa shape index (κ1) is 24.7. The van der Waals surface area contributed by atoms with Crippen LogP contribution in [0.1, 0.15) is 53.0 Å². The summed E-state index contributed by atoms with van der Waals surface area (Å²) in [6.45, 7) is 10.8.